The molecule has 0 saturated heterocycles. The van der Waals surface area contributed by atoms with Crippen molar-refractivity contribution in [2.24, 2.45) is 0 Å². The highest BCUT2D eigenvalue weighted by atomic mass is 16.5. The van der Waals surface area contributed by atoms with E-state index in [9.17, 15) is 0 Å². The summed E-state index contributed by atoms with van der Waals surface area (Å²) < 4.78 is 32.9. The van der Waals surface area contributed by atoms with E-state index in [4.69, 9.17) is 37.7 Å². The van der Waals surface area contributed by atoms with Crippen molar-refractivity contribution >= 4 is 67.4 Å². The zero-order valence-corrected chi connectivity index (χ0v) is 48.6. The van der Waals surface area contributed by atoms with Gasteiger partial charge >= 0.3 is 0 Å². The molecule has 18 rings (SSSR count). The number of aromatic nitrogens is 3. The van der Waals surface area contributed by atoms with Gasteiger partial charge in [-0.25, -0.2) is 15.0 Å². The van der Waals surface area contributed by atoms with Gasteiger partial charge in [0.15, 0.2) is 39.7 Å². The predicted molar refractivity (Wildman–Crippen MR) is 362 cm³/mol. The number of nitrogens with zero attached hydrogens (tertiary/aromatic N) is 5. The molecule has 10 nitrogen and oxygen atoms in total. The summed E-state index contributed by atoms with van der Waals surface area (Å²) in [6.07, 6.45) is 0. The van der Waals surface area contributed by atoms with Gasteiger partial charge in [0.2, 0.25) is 17.7 Å². The number of anilines is 6. The quantitative estimate of drug-likeness (QED) is 0.132. The molecule has 3 aromatic heterocycles. The molecule has 0 amide bonds. The molecule has 2 aliphatic rings. The molecule has 0 N–H and O–H groups in total. The zero-order chi connectivity index (χ0) is 59.9. The molecule has 0 saturated carbocycles. The SMILES string of the molecule is c1cc(-c2nc3ccccc3o2)cc(-c2cc(-c3cccc(N4c5ccccc5Oc5ccccc54)c3)c(-c3cccc(N4c5ccccc5Oc5ccccc54)c3)c(-c3cccc(-c4nc5ccccc5o4)c3)c2-c2cccc(-c3nc4ccccc4o3)c2)c1. The topological polar surface area (TPSA) is 103 Å². The van der Waals surface area contributed by atoms with Crippen LogP contribution in [0.1, 0.15) is 0 Å². The summed E-state index contributed by atoms with van der Waals surface area (Å²) in [5, 5.41) is 0. The van der Waals surface area contributed by atoms with Crippen LogP contribution in [0, 0.1) is 0 Å². The standard InChI is InChI=1S/C81H49N5O5/c1-8-37-69-62(30-1)82-79(89-69)55-25-15-20-50(44-55)60-49-61(51-21-18-28-58(47-51)85-65-33-4-11-40-72(65)87-73-41-12-5-34-66(73)85)77(54-24-19-29-59(48-54)86-67-35-6-13-42-74(67)88-75-43-14-7-36-68(75)86)78(53-23-17-27-57(46-53)81-84-64-32-3-10-39-71(64)91-81)76(60)52-22-16-26-56(45-52)80-83-63-31-2-9-38-70(63)90-80/h1-49H. The van der Waals surface area contributed by atoms with E-state index in [1.54, 1.807) is 0 Å². The Kier molecular flexibility index (Phi) is 12.0. The fourth-order valence-corrected chi connectivity index (χ4v) is 13.0. The van der Waals surface area contributed by atoms with Crippen LogP contribution in [0.15, 0.2) is 311 Å². The first-order valence-corrected chi connectivity index (χ1v) is 30.2. The van der Waals surface area contributed by atoms with Gasteiger partial charge in [-0.1, -0.05) is 146 Å². The van der Waals surface area contributed by atoms with Crippen LogP contribution < -0.4 is 19.3 Å². The third-order valence-corrected chi connectivity index (χ3v) is 17.1. The Morgan fingerprint density at radius 3 is 0.934 bits per heavy atom. The first-order chi connectivity index (χ1) is 45.1. The average Bonchev–Trinajstić information content (AvgIpc) is 0.996. The Labute approximate surface area is 522 Å². The number of para-hydroxylation sites is 14. The second kappa shape index (κ2) is 21.1. The number of rotatable bonds is 10. The minimum atomic E-state index is 0.511. The first-order valence-electron chi connectivity index (χ1n) is 30.2. The fraction of sp³-hybridized carbons (Fsp3) is 0. The maximum absolute atomic E-state index is 6.62. The van der Waals surface area contributed by atoms with Crippen molar-refractivity contribution in [3.8, 4) is 113 Å². The lowest BCUT2D eigenvalue weighted by Crippen LogP contribution is -2.15. The molecule has 2 aliphatic heterocycles. The van der Waals surface area contributed by atoms with Crippen LogP contribution in [0.2, 0.25) is 0 Å². The van der Waals surface area contributed by atoms with Crippen molar-refractivity contribution in [1.29, 1.82) is 0 Å². The van der Waals surface area contributed by atoms with Crippen LogP contribution in [0.5, 0.6) is 23.0 Å². The van der Waals surface area contributed by atoms with Crippen molar-refractivity contribution < 1.29 is 22.7 Å². The van der Waals surface area contributed by atoms with Crippen LogP contribution in [-0.4, -0.2) is 15.0 Å². The molecule has 13 aromatic carbocycles. The summed E-state index contributed by atoms with van der Waals surface area (Å²) in [6, 6.07) is 102. The Bertz CT molecular complexity index is 5370. The summed E-state index contributed by atoms with van der Waals surface area (Å²) in [6.45, 7) is 0. The van der Waals surface area contributed by atoms with Crippen LogP contribution in [0.3, 0.4) is 0 Å². The summed E-state index contributed by atoms with van der Waals surface area (Å²) in [7, 11) is 0. The van der Waals surface area contributed by atoms with Gasteiger partial charge in [0, 0.05) is 28.1 Å². The van der Waals surface area contributed by atoms with E-state index in [0.29, 0.717) is 34.4 Å². The highest BCUT2D eigenvalue weighted by Crippen LogP contribution is 2.56. The lowest BCUT2D eigenvalue weighted by molar-refractivity contribution is 0.477. The van der Waals surface area contributed by atoms with Crippen molar-refractivity contribution in [3.63, 3.8) is 0 Å². The molecule has 5 heterocycles. The lowest BCUT2D eigenvalue weighted by Gasteiger charge is -2.33. The van der Waals surface area contributed by atoms with Gasteiger partial charge in [0.1, 0.15) is 16.6 Å². The summed E-state index contributed by atoms with van der Waals surface area (Å²) in [4.78, 5) is 19.8. The average molecular weight is 1170 g/mol. The van der Waals surface area contributed by atoms with Gasteiger partial charge < -0.3 is 32.5 Å². The molecule has 0 atom stereocenters. The molecule has 0 spiro atoms. The Hall–Kier alpha value is -12.5. The van der Waals surface area contributed by atoms with Gasteiger partial charge in [-0.15, -0.1) is 0 Å². The van der Waals surface area contributed by atoms with Gasteiger partial charge in [0.25, 0.3) is 0 Å². The second-order valence-corrected chi connectivity index (χ2v) is 22.6. The maximum atomic E-state index is 6.62. The zero-order valence-electron chi connectivity index (χ0n) is 48.6. The second-order valence-electron chi connectivity index (χ2n) is 22.6. The summed E-state index contributed by atoms with van der Waals surface area (Å²) in [5.41, 5.74) is 22.1. The molecule has 428 valence electrons. The molecular formula is C81H49N5O5. The molecule has 16 aromatic rings. The van der Waals surface area contributed by atoms with Crippen molar-refractivity contribution in [1.82, 2.24) is 15.0 Å². The highest BCUT2D eigenvalue weighted by molar-refractivity contribution is 6.09. The van der Waals surface area contributed by atoms with Crippen molar-refractivity contribution in [2.75, 3.05) is 9.80 Å². The number of fused-ring (bicyclic) bond motifs is 7. The molecule has 0 radical (unpaired) electrons. The molecular weight excluding hydrogens is 1120 g/mol. The van der Waals surface area contributed by atoms with Crippen LogP contribution in [0.4, 0.5) is 34.1 Å². The van der Waals surface area contributed by atoms with E-state index in [1.165, 1.54) is 0 Å². The highest BCUT2D eigenvalue weighted by Gasteiger charge is 2.31. The van der Waals surface area contributed by atoms with E-state index < -0.39 is 0 Å². The largest absolute Gasteiger partial charge is 0.453 e. The van der Waals surface area contributed by atoms with Crippen LogP contribution in [0.25, 0.3) is 123 Å². The van der Waals surface area contributed by atoms with Crippen molar-refractivity contribution in [3.05, 3.63) is 297 Å². The van der Waals surface area contributed by atoms with Gasteiger partial charge in [0.05, 0.1) is 22.7 Å². The smallest absolute Gasteiger partial charge is 0.227 e. The van der Waals surface area contributed by atoms with Crippen LogP contribution >= 0.6 is 0 Å². The van der Waals surface area contributed by atoms with Gasteiger partial charge in [-0.2, -0.15) is 0 Å². The molecule has 91 heavy (non-hydrogen) atoms. The first kappa shape index (κ1) is 51.7. The number of benzene rings is 13. The summed E-state index contributed by atoms with van der Waals surface area (Å²) in [5.74, 6) is 4.60. The normalized spacial score (nSPS) is 12.3. The Morgan fingerprint density at radius 2 is 0.527 bits per heavy atom. The number of hydrogen-bond donors (Lipinski definition) is 0. The van der Waals surface area contributed by atoms with E-state index >= 15 is 0 Å². The fourth-order valence-electron chi connectivity index (χ4n) is 13.0. The lowest BCUT2D eigenvalue weighted by atomic mass is 9.78. The van der Waals surface area contributed by atoms with E-state index in [1.807, 2.05) is 121 Å². The number of hydrogen-bond acceptors (Lipinski definition) is 10. The maximum Gasteiger partial charge on any atom is 0.227 e. The number of ether oxygens (including phenoxy) is 2. The Morgan fingerprint density at radius 1 is 0.231 bits per heavy atom. The molecule has 0 bridgehead atoms. The van der Waals surface area contributed by atoms with Crippen LogP contribution in [-0.2, 0) is 0 Å². The molecule has 0 fully saturated rings. The molecule has 0 unspecified atom stereocenters. The Balaban J connectivity index is 0.967. The summed E-state index contributed by atoms with van der Waals surface area (Å²) >= 11 is 0. The monoisotopic (exact) mass is 1170 g/mol. The van der Waals surface area contributed by atoms with Gasteiger partial charge in [-0.05, 0) is 207 Å². The third kappa shape index (κ3) is 8.92. The minimum Gasteiger partial charge on any atom is -0.453 e. The predicted octanol–water partition coefficient (Wildman–Crippen LogP) is 22.6. The van der Waals surface area contributed by atoms with E-state index in [0.717, 1.165) is 146 Å². The van der Waals surface area contributed by atoms with E-state index in [2.05, 4.69) is 186 Å². The third-order valence-electron chi connectivity index (χ3n) is 17.1. The number of oxazole rings is 3. The molecule has 0 aliphatic carbocycles. The minimum absolute atomic E-state index is 0.511. The van der Waals surface area contributed by atoms with Crippen molar-refractivity contribution in [2.45, 2.75) is 0 Å². The van der Waals surface area contributed by atoms with E-state index in [-0.39, 0.29) is 0 Å². The van der Waals surface area contributed by atoms with Gasteiger partial charge in [-0.3, -0.25) is 0 Å². The molecule has 10 heteroatoms.